The maximum atomic E-state index is 13.3. The van der Waals surface area contributed by atoms with Crippen LogP contribution in [-0.4, -0.2) is 173 Å². The number of hydrogen-bond donors (Lipinski definition) is 8. The monoisotopic (exact) mass is 1160 g/mol. The van der Waals surface area contributed by atoms with Crippen molar-refractivity contribution in [3.8, 4) is 74.7 Å². The lowest BCUT2D eigenvalue weighted by Gasteiger charge is -2.41. The number of aliphatic hydroxyl groups is 5. The number of rotatable bonds is 26. The molecule has 2 unspecified atom stereocenters. The lowest BCUT2D eigenvalue weighted by Crippen LogP contribution is -2.61. The standard InChI is InChI=1S/C59H68O24/c1-70-40-18-30(9-13-37(40)62)11-15-49(65)78-29-48-58(81-50(66)16-12-31-10-14-38(63)41(19-31)71-2)52(68)53(69)59(80-48)83-57-44(74-5)20-32(21-45(57)75-6)17-35-28-79-54(36(35)26-60)33-24-46(76-7)56(47(25-33)77-8)82-55(39(64)27-61)34-22-42(72-3)51(67)43(23-34)73-4/h9-16,18-25,35-36,39,48,52-55,58-64,67-69H,17,26-29H2,1-8H3/b15-11+,16-12+/t35-,36-,39?,48+,52+,53+,54+,55?,58+,59-/m0/s1. The van der Waals surface area contributed by atoms with E-state index in [-0.39, 0.29) is 99.4 Å². The third-order valence-electron chi connectivity index (χ3n) is 13.9. The van der Waals surface area contributed by atoms with Crippen LogP contribution in [0.3, 0.4) is 0 Å². The molecule has 0 saturated carbocycles. The van der Waals surface area contributed by atoms with Crippen molar-refractivity contribution in [3.05, 3.63) is 113 Å². The van der Waals surface area contributed by atoms with Gasteiger partial charge in [-0.1, -0.05) is 12.1 Å². The summed E-state index contributed by atoms with van der Waals surface area (Å²) < 4.78 is 80.3. The second-order valence-corrected chi connectivity index (χ2v) is 18.9. The van der Waals surface area contributed by atoms with Gasteiger partial charge in [-0.05, 0) is 107 Å². The van der Waals surface area contributed by atoms with Crippen molar-refractivity contribution < 1.29 is 117 Å². The zero-order valence-corrected chi connectivity index (χ0v) is 46.7. The summed E-state index contributed by atoms with van der Waals surface area (Å²) in [5, 5.41) is 85.8. The van der Waals surface area contributed by atoms with Gasteiger partial charge in [0.1, 0.15) is 31.0 Å². The Morgan fingerprint density at radius 3 is 1.66 bits per heavy atom. The smallest absolute Gasteiger partial charge is 0.331 e. The van der Waals surface area contributed by atoms with Crippen molar-refractivity contribution in [1.82, 2.24) is 0 Å². The lowest BCUT2D eigenvalue weighted by molar-refractivity contribution is -0.281. The van der Waals surface area contributed by atoms with Crippen molar-refractivity contribution in [2.24, 2.45) is 11.8 Å². The summed E-state index contributed by atoms with van der Waals surface area (Å²) in [7, 11) is 10.9. The molecule has 5 aromatic carbocycles. The minimum absolute atomic E-state index is 0.0246. The number of phenols is 3. The van der Waals surface area contributed by atoms with Gasteiger partial charge in [-0.2, -0.15) is 0 Å². The fourth-order valence-electron chi connectivity index (χ4n) is 9.55. The molecule has 2 fully saturated rings. The van der Waals surface area contributed by atoms with Crippen LogP contribution in [0.4, 0.5) is 0 Å². The molecule has 0 aromatic heterocycles. The number of benzene rings is 5. The number of aliphatic hydroxyl groups excluding tert-OH is 5. The van der Waals surface area contributed by atoms with E-state index >= 15 is 0 Å². The second-order valence-electron chi connectivity index (χ2n) is 18.9. The molecule has 0 aliphatic carbocycles. The van der Waals surface area contributed by atoms with Crippen molar-refractivity contribution in [3.63, 3.8) is 0 Å². The molecule has 0 amide bonds. The molecule has 7 rings (SSSR count). The van der Waals surface area contributed by atoms with Crippen LogP contribution >= 0.6 is 0 Å². The first-order valence-electron chi connectivity index (χ1n) is 25.8. The van der Waals surface area contributed by atoms with E-state index < -0.39 is 80.1 Å². The lowest BCUT2D eigenvalue weighted by atomic mass is 9.84. The Hall–Kier alpha value is -8.36. The fourth-order valence-corrected chi connectivity index (χ4v) is 9.55. The van der Waals surface area contributed by atoms with Crippen LogP contribution in [0.25, 0.3) is 12.2 Å². The Balaban J connectivity index is 1.10. The van der Waals surface area contributed by atoms with Gasteiger partial charge < -0.3 is 107 Å². The predicted octanol–water partition coefficient (Wildman–Crippen LogP) is 4.59. The minimum Gasteiger partial charge on any atom is -0.504 e. The van der Waals surface area contributed by atoms with E-state index in [1.54, 1.807) is 24.3 Å². The highest BCUT2D eigenvalue weighted by molar-refractivity contribution is 5.88. The van der Waals surface area contributed by atoms with Crippen molar-refractivity contribution in [1.29, 1.82) is 0 Å². The van der Waals surface area contributed by atoms with E-state index in [1.807, 2.05) is 0 Å². The second kappa shape index (κ2) is 28.6. The number of ether oxygens (including phenoxy) is 14. The van der Waals surface area contributed by atoms with Gasteiger partial charge in [0.2, 0.25) is 23.5 Å². The van der Waals surface area contributed by atoms with Gasteiger partial charge in [0.05, 0.1) is 76.2 Å². The molecular formula is C59H68O24. The molecule has 2 aliphatic heterocycles. The first kappa shape index (κ1) is 62.2. The predicted molar refractivity (Wildman–Crippen MR) is 293 cm³/mol. The molecule has 0 bridgehead atoms. The summed E-state index contributed by atoms with van der Waals surface area (Å²) in [4.78, 5) is 26.4. The summed E-state index contributed by atoms with van der Waals surface area (Å²) in [6.07, 6.45) is -6.90. The summed E-state index contributed by atoms with van der Waals surface area (Å²) in [6.45, 7) is -1.49. The van der Waals surface area contributed by atoms with E-state index in [1.165, 1.54) is 118 Å². The topological polar surface area (TPSA) is 325 Å². The summed E-state index contributed by atoms with van der Waals surface area (Å²) in [5.41, 5.74) is 2.40. The summed E-state index contributed by atoms with van der Waals surface area (Å²) >= 11 is 0. The molecule has 24 nitrogen and oxygen atoms in total. The van der Waals surface area contributed by atoms with Crippen molar-refractivity contribution in [2.45, 2.75) is 55.4 Å². The molecule has 2 aliphatic rings. The SMILES string of the molecule is COc1cc(/C=C/C(=O)OC[C@H]2O[C@@H](Oc3c(OC)cc(C[C@H]4CO[C@H](c5cc(OC)c(OC(c6cc(OC)c(O)c(OC)c6)C(O)CO)c(OC)c5)[C@H]4CO)cc3OC)[C@H](O)[C@@H](O)[C@@H]2OC(=O)/C=C/c2ccc(O)c(OC)c2)ccc1O. The number of methoxy groups -OCH3 is 8. The molecule has 0 radical (unpaired) electrons. The third-order valence-corrected chi connectivity index (χ3v) is 13.9. The van der Waals surface area contributed by atoms with Crippen LogP contribution in [0.15, 0.2) is 84.9 Å². The number of hydrogen-bond acceptors (Lipinski definition) is 24. The fraction of sp³-hybridized carbons (Fsp3) is 0.390. The molecule has 83 heavy (non-hydrogen) atoms. The average molecular weight is 1160 g/mol. The molecular weight excluding hydrogens is 1090 g/mol. The Bertz CT molecular complexity index is 3010. The maximum Gasteiger partial charge on any atom is 0.331 e. The normalized spacial score (nSPS) is 21.2. The highest BCUT2D eigenvalue weighted by Gasteiger charge is 2.49. The Morgan fingerprint density at radius 2 is 1.16 bits per heavy atom. The van der Waals surface area contributed by atoms with Gasteiger partial charge >= 0.3 is 11.9 Å². The molecule has 10 atom stereocenters. The van der Waals surface area contributed by atoms with Gasteiger partial charge in [-0.3, -0.25) is 0 Å². The largest absolute Gasteiger partial charge is 0.504 e. The molecule has 2 saturated heterocycles. The quantitative estimate of drug-likeness (QED) is 0.0277. The van der Waals surface area contributed by atoms with E-state index in [4.69, 9.17) is 66.3 Å². The van der Waals surface area contributed by atoms with Crippen LogP contribution < -0.4 is 47.4 Å². The van der Waals surface area contributed by atoms with Crippen molar-refractivity contribution in [2.75, 3.05) is 83.3 Å². The van der Waals surface area contributed by atoms with Gasteiger partial charge in [-0.15, -0.1) is 0 Å². The Kier molecular flexibility index (Phi) is 21.4. The maximum absolute atomic E-state index is 13.3. The molecule has 8 N–H and O–H groups in total. The third kappa shape index (κ3) is 14.5. The summed E-state index contributed by atoms with van der Waals surface area (Å²) in [5.74, 6) is -2.37. The van der Waals surface area contributed by atoms with Gasteiger partial charge in [0.25, 0.3) is 0 Å². The molecule has 2 heterocycles. The van der Waals surface area contributed by atoms with Crippen LogP contribution in [0, 0.1) is 11.8 Å². The highest BCUT2D eigenvalue weighted by atomic mass is 16.7. The van der Waals surface area contributed by atoms with Gasteiger partial charge in [0, 0.05) is 30.2 Å². The Morgan fingerprint density at radius 1 is 0.639 bits per heavy atom. The highest BCUT2D eigenvalue weighted by Crippen LogP contribution is 2.49. The zero-order chi connectivity index (χ0) is 60.1. The molecule has 5 aromatic rings. The van der Waals surface area contributed by atoms with Crippen molar-refractivity contribution >= 4 is 24.1 Å². The average Bonchev–Trinajstić information content (AvgIpc) is 3.93. The van der Waals surface area contributed by atoms with Crippen LogP contribution in [0.1, 0.15) is 40.0 Å². The van der Waals surface area contributed by atoms with Crippen LogP contribution in [-0.2, 0) is 35.0 Å². The van der Waals surface area contributed by atoms with Gasteiger partial charge in [0.15, 0.2) is 69.7 Å². The van der Waals surface area contributed by atoms with E-state index in [9.17, 15) is 50.4 Å². The first-order chi connectivity index (χ1) is 40.0. The zero-order valence-electron chi connectivity index (χ0n) is 46.7. The number of aromatic hydroxyl groups is 3. The van der Waals surface area contributed by atoms with Crippen LogP contribution in [0.5, 0.6) is 74.7 Å². The van der Waals surface area contributed by atoms with E-state index in [0.717, 1.165) is 12.2 Å². The van der Waals surface area contributed by atoms with Gasteiger partial charge in [-0.25, -0.2) is 9.59 Å². The van der Waals surface area contributed by atoms with Crippen LogP contribution in [0.2, 0.25) is 0 Å². The first-order valence-corrected chi connectivity index (χ1v) is 25.8. The molecule has 24 heteroatoms. The Labute approximate surface area is 477 Å². The van der Waals surface area contributed by atoms with E-state index in [0.29, 0.717) is 28.7 Å². The number of phenolic OH excluding ortho intramolecular Hbond substituents is 3. The minimum atomic E-state index is -1.90. The number of esters is 2. The molecule has 448 valence electrons. The number of carbonyl (C=O) groups is 2. The molecule has 0 spiro atoms. The summed E-state index contributed by atoms with van der Waals surface area (Å²) in [6, 6.07) is 18.2. The van der Waals surface area contributed by atoms with E-state index in [2.05, 4.69) is 0 Å². The number of carbonyl (C=O) groups excluding carboxylic acids is 2.